The maximum atomic E-state index is 12.4. The van der Waals surface area contributed by atoms with Crippen molar-refractivity contribution in [1.29, 1.82) is 0 Å². The third-order valence-corrected chi connectivity index (χ3v) is 4.05. The Kier molecular flexibility index (Phi) is 5.86. The van der Waals surface area contributed by atoms with Crippen molar-refractivity contribution in [3.05, 3.63) is 65.6 Å². The summed E-state index contributed by atoms with van der Waals surface area (Å²) < 4.78 is 7.86. The van der Waals surface area contributed by atoms with Crippen LogP contribution in [0.25, 0.3) is 5.65 Å². The zero-order valence-electron chi connectivity index (χ0n) is 15.2. The number of ether oxygens (including phenoxy) is 1. The first-order valence-electron chi connectivity index (χ1n) is 8.76. The van der Waals surface area contributed by atoms with Gasteiger partial charge in [-0.2, -0.15) is 0 Å². The molecule has 6 heteroatoms. The first kappa shape index (κ1) is 17.9. The molecule has 3 aromatic rings. The summed E-state index contributed by atoms with van der Waals surface area (Å²) in [6.07, 6.45) is 4.85. The summed E-state index contributed by atoms with van der Waals surface area (Å²) in [5.74, 6) is 0.439. The molecule has 2 aromatic heterocycles. The Morgan fingerprint density at radius 2 is 2.00 bits per heavy atom. The minimum Gasteiger partial charge on any atom is -0.486 e. The molecule has 0 unspecified atom stereocenters. The van der Waals surface area contributed by atoms with Gasteiger partial charge in [-0.25, -0.2) is 4.98 Å². The van der Waals surface area contributed by atoms with Crippen molar-refractivity contribution < 1.29 is 9.53 Å². The SMILES string of the molecule is CNCCCNC(=O)c1ccccc1OCc1cn2cc(C)ccc2n1. The lowest BCUT2D eigenvalue weighted by Crippen LogP contribution is -2.27. The molecule has 1 amide bonds. The highest BCUT2D eigenvalue weighted by Crippen LogP contribution is 2.19. The number of carbonyl (C=O) groups excluding carboxylic acids is 1. The lowest BCUT2D eigenvalue weighted by atomic mass is 10.2. The number of carbonyl (C=O) groups is 1. The van der Waals surface area contributed by atoms with Gasteiger partial charge in [0.1, 0.15) is 18.0 Å². The van der Waals surface area contributed by atoms with E-state index in [-0.39, 0.29) is 5.91 Å². The Labute approximate surface area is 153 Å². The number of amides is 1. The minimum atomic E-state index is -0.123. The summed E-state index contributed by atoms with van der Waals surface area (Å²) in [4.78, 5) is 16.9. The lowest BCUT2D eigenvalue weighted by molar-refractivity contribution is 0.0948. The van der Waals surface area contributed by atoms with Crippen LogP contribution in [-0.4, -0.2) is 35.4 Å². The molecule has 0 fully saturated rings. The number of aryl methyl sites for hydroxylation is 1. The van der Waals surface area contributed by atoms with E-state index in [9.17, 15) is 4.79 Å². The minimum absolute atomic E-state index is 0.123. The molecule has 3 rings (SSSR count). The zero-order chi connectivity index (χ0) is 18.4. The van der Waals surface area contributed by atoms with Gasteiger partial charge in [0.2, 0.25) is 0 Å². The number of rotatable bonds is 8. The Morgan fingerprint density at radius 1 is 1.15 bits per heavy atom. The summed E-state index contributed by atoms with van der Waals surface area (Å²) >= 11 is 0. The third kappa shape index (κ3) is 4.40. The summed E-state index contributed by atoms with van der Waals surface area (Å²) in [6, 6.07) is 11.3. The van der Waals surface area contributed by atoms with E-state index in [1.807, 2.05) is 61.1 Å². The van der Waals surface area contributed by atoms with Gasteiger partial charge in [0.05, 0.1) is 11.3 Å². The molecule has 0 radical (unpaired) electrons. The average Bonchev–Trinajstić information content (AvgIpc) is 3.05. The number of imidazole rings is 1. The molecule has 1 aromatic carbocycles. The van der Waals surface area contributed by atoms with E-state index in [4.69, 9.17) is 4.74 Å². The molecule has 0 bridgehead atoms. The van der Waals surface area contributed by atoms with Gasteiger partial charge < -0.3 is 19.8 Å². The fraction of sp³-hybridized carbons (Fsp3) is 0.300. The number of hydrogen-bond acceptors (Lipinski definition) is 4. The van der Waals surface area contributed by atoms with Gasteiger partial charge in [0, 0.05) is 18.9 Å². The van der Waals surface area contributed by atoms with Gasteiger partial charge in [-0.15, -0.1) is 0 Å². The maximum Gasteiger partial charge on any atom is 0.255 e. The standard InChI is InChI=1S/C20H24N4O2/c1-15-8-9-19-23-16(13-24(19)12-15)14-26-18-7-4-3-6-17(18)20(25)22-11-5-10-21-2/h3-4,6-9,12-13,21H,5,10-11,14H2,1-2H3,(H,22,25). The van der Waals surface area contributed by atoms with Crippen molar-refractivity contribution >= 4 is 11.6 Å². The van der Waals surface area contributed by atoms with Crippen LogP contribution in [0.4, 0.5) is 0 Å². The quantitative estimate of drug-likeness (QED) is 0.612. The molecule has 2 N–H and O–H groups in total. The van der Waals surface area contributed by atoms with Crippen LogP contribution in [0, 0.1) is 6.92 Å². The topological polar surface area (TPSA) is 67.7 Å². The molecule has 0 spiro atoms. The van der Waals surface area contributed by atoms with Gasteiger partial charge >= 0.3 is 0 Å². The first-order chi connectivity index (χ1) is 12.7. The van der Waals surface area contributed by atoms with Crippen LogP contribution in [0.2, 0.25) is 0 Å². The molecule has 0 aliphatic carbocycles. The molecular formula is C20H24N4O2. The van der Waals surface area contributed by atoms with Crippen molar-refractivity contribution in [2.45, 2.75) is 20.0 Å². The largest absolute Gasteiger partial charge is 0.486 e. The van der Waals surface area contributed by atoms with Crippen LogP contribution < -0.4 is 15.4 Å². The van der Waals surface area contributed by atoms with Crippen molar-refractivity contribution in [2.75, 3.05) is 20.1 Å². The predicted molar refractivity (Wildman–Crippen MR) is 102 cm³/mol. The van der Waals surface area contributed by atoms with Crippen LogP contribution in [0.5, 0.6) is 5.75 Å². The van der Waals surface area contributed by atoms with Crippen LogP contribution in [0.1, 0.15) is 28.0 Å². The van der Waals surface area contributed by atoms with E-state index >= 15 is 0 Å². The van der Waals surface area contributed by atoms with Gasteiger partial charge in [-0.05, 0) is 50.7 Å². The summed E-state index contributed by atoms with van der Waals surface area (Å²) in [6.45, 7) is 3.84. The zero-order valence-corrected chi connectivity index (χ0v) is 15.2. The first-order valence-corrected chi connectivity index (χ1v) is 8.76. The second-order valence-corrected chi connectivity index (χ2v) is 6.20. The molecule has 0 aliphatic rings. The monoisotopic (exact) mass is 352 g/mol. The molecule has 6 nitrogen and oxygen atoms in total. The van der Waals surface area contributed by atoms with E-state index in [1.165, 1.54) is 5.56 Å². The Balaban J connectivity index is 1.66. The van der Waals surface area contributed by atoms with E-state index in [2.05, 4.69) is 15.6 Å². The molecule has 0 atom stereocenters. The van der Waals surface area contributed by atoms with E-state index in [0.29, 0.717) is 24.5 Å². The number of fused-ring (bicyclic) bond motifs is 1. The number of pyridine rings is 1. The molecular weight excluding hydrogens is 328 g/mol. The smallest absolute Gasteiger partial charge is 0.255 e. The highest BCUT2D eigenvalue weighted by atomic mass is 16.5. The van der Waals surface area contributed by atoms with E-state index in [0.717, 1.165) is 24.3 Å². The van der Waals surface area contributed by atoms with Gasteiger partial charge in [0.15, 0.2) is 0 Å². The number of para-hydroxylation sites is 1. The summed E-state index contributed by atoms with van der Waals surface area (Å²) in [7, 11) is 1.89. The molecule has 0 saturated heterocycles. The van der Waals surface area contributed by atoms with Gasteiger partial charge in [-0.1, -0.05) is 18.2 Å². The second-order valence-electron chi connectivity index (χ2n) is 6.20. The van der Waals surface area contributed by atoms with E-state index in [1.54, 1.807) is 6.07 Å². The third-order valence-electron chi connectivity index (χ3n) is 4.05. The lowest BCUT2D eigenvalue weighted by Gasteiger charge is -2.11. The summed E-state index contributed by atoms with van der Waals surface area (Å²) in [5.41, 5.74) is 3.41. The second kappa shape index (κ2) is 8.49. The van der Waals surface area contributed by atoms with Crippen molar-refractivity contribution in [1.82, 2.24) is 20.0 Å². The predicted octanol–water partition coefficient (Wildman–Crippen LogP) is 2.56. The molecule has 0 saturated carbocycles. The number of nitrogens with zero attached hydrogens (tertiary/aromatic N) is 2. The number of aromatic nitrogens is 2. The van der Waals surface area contributed by atoms with E-state index < -0.39 is 0 Å². The van der Waals surface area contributed by atoms with Crippen LogP contribution in [0.3, 0.4) is 0 Å². The Bertz CT molecular complexity index is 888. The highest BCUT2D eigenvalue weighted by Gasteiger charge is 2.12. The fourth-order valence-electron chi connectivity index (χ4n) is 2.72. The average molecular weight is 352 g/mol. The number of nitrogens with one attached hydrogen (secondary N) is 2. The van der Waals surface area contributed by atoms with Crippen molar-refractivity contribution in [3.8, 4) is 5.75 Å². The molecule has 136 valence electrons. The molecule has 2 heterocycles. The van der Waals surface area contributed by atoms with Gasteiger partial charge in [-0.3, -0.25) is 4.79 Å². The van der Waals surface area contributed by atoms with Gasteiger partial charge in [0.25, 0.3) is 5.91 Å². The van der Waals surface area contributed by atoms with Crippen LogP contribution in [0.15, 0.2) is 48.8 Å². The number of benzene rings is 1. The Hall–Kier alpha value is -2.86. The summed E-state index contributed by atoms with van der Waals surface area (Å²) in [5, 5.41) is 5.98. The fourth-order valence-corrected chi connectivity index (χ4v) is 2.72. The van der Waals surface area contributed by atoms with Crippen LogP contribution in [-0.2, 0) is 6.61 Å². The Morgan fingerprint density at radius 3 is 2.85 bits per heavy atom. The normalized spacial score (nSPS) is 10.8. The molecule has 0 aliphatic heterocycles. The van der Waals surface area contributed by atoms with Crippen molar-refractivity contribution in [3.63, 3.8) is 0 Å². The molecule has 26 heavy (non-hydrogen) atoms. The highest BCUT2D eigenvalue weighted by molar-refractivity contribution is 5.96. The number of hydrogen-bond donors (Lipinski definition) is 2. The maximum absolute atomic E-state index is 12.4. The van der Waals surface area contributed by atoms with Crippen LogP contribution >= 0.6 is 0 Å². The van der Waals surface area contributed by atoms with Crippen molar-refractivity contribution in [2.24, 2.45) is 0 Å².